The van der Waals surface area contributed by atoms with Gasteiger partial charge in [-0.2, -0.15) is 0 Å². The lowest BCUT2D eigenvalue weighted by Gasteiger charge is -2.32. The molecule has 2 unspecified atom stereocenters. The summed E-state index contributed by atoms with van der Waals surface area (Å²) < 4.78 is 10.7. The van der Waals surface area contributed by atoms with E-state index < -0.39 is 17.7 Å². The second kappa shape index (κ2) is 6.89. The van der Waals surface area contributed by atoms with Crippen molar-refractivity contribution in [1.29, 1.82) is 0 Å². The fourth-order valence-electron chi connectivity index (χ4n) is 2.17. The molecule has 1 aliphatic heterocycles. The summed E-state index contributed by atoms with van der Waals surface area (Å²) in [4.78, 5) is 24.0. The molecule has 2 amide bonds. The molecule has 0 aromatic heterocycles. The van der Waals surface area contributed by atoms with Crippen molar-refractivity contribution in [3.05, 3.63) is 35.9 Å². The van der Waals surface area contributed by atoms with Gasteiger partial charge in [0.1, 0.15) is 6.61 Å². The van der Waals surface area contributed by atoms with Crippen molar-refractivity contribution in [2.75, 3.05) is 20.3 Å². The second-order valence-electron chi connectivity index (χ2n) is 5.87. The van der Waals surface area contributed by atoms with Crippen LogP contribution in [0.25, 0.3) is 0 Å². The van der Waals surface area contributed by atoms with Gasteiger partial charge in [-0.05, 0) is 19.4 Å². The highest BCUT2D eigenvalue weighted by Gasteiger charge is 2.36. The van der Waals surface area contributed by atoms with E-state index in [0.717, 1.165) is 5.56 Å². The minimum absolute atomic E-state index is 0.116. The van der Waals surface area contributed by atoms with Crippen LogP contribution in [0.5, 0.6) is 0 Å². The molecule has 1 aromatic carbocycles. The first-order chi connectivity index (χ1) is 10.4. The molecule has 1 heterocycles. The molecular weight excluding hydrogens is 284 g/mol. The Labute approximate surface area is 130 Å². The van der Waals surface area contributed by atoms with Crippen molar-refractivity contribution in [1.82, 2.24) is 10.6 Å². The minimum Gasteiger partial charge on any atom is -0.377 e. The van der Waals surface area contributed by atoms with Gasteiger partial charge < -0.3 is 20.1 Å². The molecule has 1 aromatic rings. The zero-order valence-corrected chi connectivity index (χ0v) is 13.1. The van der Waals surface area contributed by atoms with Crippen LogP contribution in [0.2, 0.25) is 0 Å². The Kier molecular flexibility index (Phi) is 5.15. The number of carbonyl (C=O) groups is 2. The van der Waals surface area contributed by atoms with Gasteiger partial charge in [0.05, 0.1) is 11.6 Å². The SMILES string of the molecule is COC(C)(C)CNC(=O)C1OCC(=O)NC1c1ccccc1. The van der Waals surface area contributed by atoms with Gasteiger partial charge in [0.15, 0.2) is 6.10 Å². The van der Waals surface area contributed by atoms with Crippen molar-refractivity contribution in [3.63, 3.8) is 0 Å². The Bertz CT molecular complexity index is 530. The molecule has 2 N–H and O–H groups in total. The van der Waals surface area contributed by atoms with Crippen molar-refractivity contribution in [3.8, 4) is 0 Å². The lowest BCUT2D eigenvalue weighted by Crippen LogP contribution is -2.54. The molecule has 22 heavy (non-hydrogen) atoms. The summed E-state index contributed by atoms with van der Waals surface area (Å²) in [7, 11) is 1.59. The molecule has 2 atom stereocenters. The van der Waals surface area contributed by atoms with Gasteiger partial charge in [-0.25, -0.2) is 0 Å². The van der Waals surface area contributed by atoms with Crippen LogP contribution in [-0.2, 0) is 19.1 Å². The maximum Gasteiger partial charge on any atom is 0.251 e. The summed E-state index contributed by atoms with van der Waals surface area (Å²) in [5.41, 5.74) is 0.372. The van der Waals surface area contributed by atoms with Crippen LogP contribution < -0.4 is 10.6 Å². The monoisotopic (exact) mass is 306 g/mol. The Balaban J connectivity index is 2.09. The van der Waals surface area contributed by atoms with Crippen molar-refractivity contribution in [2.45, 2.75) is 31.6 Å². The van der Waals surface area contributed by atoms with Gasteiger partial charge in [0.2, 0.25) is 5.91 Å². The molecule has 1 aliphatic rings. The molecule has 6 nitrogen and oxygen atoms in total. The van der Waals surface area contributed by atoms with E-state index in [9.17, 15) is 9.59 Å². The van der Waals surface area contributed by atoms with E-state index in [1.54, 1.807) is 7.11 Å². The summed E-state index contributed by atoms with van der Waals surface area (Å²) in [6.45, 7) is 4.00. The van der Waals surface area contributed by atoms with Gasteiger partial charge in [-0.3, -0.25) is 9.59 Å². The highest BCUT2D eigenvalue weighted by Crippen LogP contribution is 2.22. The highest BCUT2D eigenvalue weighted by molar-refractivity contribution is 5.86. The fourth-order valence-corrected chi connectivity index (χ4v) is 2.17. The van der Waals surface area contributed by atoms with Crippen molar-refractivity contribution >= 4 is 11.8 Å². The predicted octanol–water partition coefficient (Wildman–Crippen LogP) is 0.784. The number of benzene rings is 1. The van der Waals surface area contributed by atoms with Gasteiger partial charge in [0, 0.05) is 13.7 Å². The van der Waals surface area contributed by atoms with Crippen LogP contribution in [-0.4, -0.2) is 43.8 Å². The van der Waals surface area contributed by atoms with Crippen LogP contribution in [0, 0.1) is 0 Å². The normalized spacial score (nSPS) is 22.0. The third kappa shape index (κ3) is 4.05. The number of ether oxygens (including phenoxy) is 2. The highest BCUT2D eigenvalue weighted by atomic mass is 16.5. The first kappa shape index (κ1) is 16.5. The van der Waals surface area contributed by atoms with Gasteiger partial charge in [0.25, 0.3) is 5.91 Å². The predicted molar refractivity (Wildman–Crippen MR) is 81.2 cm³/mol. The molecule has 0 saturated carbocycles. The average Bonchev–Trinajstić information content (AvgIpc) is 2.53. The molecule has 0 aliphatic carbocycles. The maximum absolute atomic E-state index is 12.4. The number of carbonyl (C=O) groups excluding carboxylic acids is 2. The summed E-state index contributed by atoms with van der Waals surface area (Å²) in [5.74, 6) is -0.492. The third-order valence-corrected chi connectivity index (χ3v) is 3.67. The van der Waals surface area contributed by atoms with Crippen LogP contribution in [0.3, 0.4) is 0 Å². The van der Waals surface area contributed by atoms with E-state index in [4.69, 9.17) is 9.47 Å². The van der Waals surface area contributed by atoms with Crippen molar-refractivity contribution in [2.24, 2.45) is 0 Å². The summed E-state index contributed by atoms with van der Waals surface area (Å²) in [6.07, 6.45) is -0.757. The zero-order chi connectivity index (χ0) is 16.2. The van der Waals surface area contributed by atoms with E-state index in [1.165, 1.54) is 0 Å². The molecule has 1 fully saturated rings. The van der Waals surface area contributed by atoms with Gasteiger partial charge in [-0.15, -0.1) is 0 Å². The lowest BCUT2D eigenvalue weighted by atomic mass is 9.99. The minimum atomic E-state index is -0.757. The fraction of sp³-hybridized carbons (Fsp3) is 0.500. The molecular formula is C16H22N2O4. The largest absolute Gasteiger partial charge is 0.377 e. The first-order valence-corrected chi connectivity index (χ1v) is 7.22. The number of rotatable bonds is 5. The topological polar surface area (TPSA) is 76.7 Å². The van der Waals surface area contributed by atoms with Crippen molar-refractivity contribution < 1.29 is 19.1 Å². The molecule has 120 valence electrons. The number of nitrogens with one attached hydrogen (secondary N) is 2. The Morgan fingerprint density at radius 2 is 2.09 bits per heavy atom. The molecule has 0 bridgehead atoms. The van der Waals surface area contributed by atoms with E-state index >= 15 is 0 Å². The number of hydrogen-bond acceptors (Lipinski definition) is 4. The molecule has 1 saturated heterocycles. The lowest BCUT2D eigenvalue weighted by molar-refractivity contribution is -0.148. The second-order valence-corrected chi connectivity index (χ2v) is 5.87. The molecule has 0 spiro atoms. The van der Waals surface area contributed by atoms with Crippen LogP contribution in [0.1, 0.15) is 25.5 Å². The average molecular weight is 306 g/mol. The maximum atomic E-state index is 12.4. The van der Waals surface area contributed by atoms with E-state index in [0.29, 0.717) is 6.54 Å². The number of amides is 2. The quantitative estimate of drug-likeness (QED) is 0.843. The summed E-state index contributed by atoms with van der Waals surface area (Å²) in [5, 5.41) is 5.64. The van der Waals surface area contributed by atoms with E-state index in [2.05, 4.69) is 10.6 Å². The number of methoxy groups -OCH3 is 1. The first-order valence-electron chi connectivity index (χ1n) is 7.22. The van der Waals surface area contributed by atoms with E-state index in [-0.39, 0.29) is 18.4 Å². The van der Waals surface area contributed by atoms with Crippen LogP contribution in [0.15, 0.2) is 30.3 Å². The molecule has 2 rings (SSSR count). The standard InChI is InChI=1S/C16H22N2O4/c1-16(2,21-3)10-17-15(20)14-13(18-12(19)9-22-14)11-7-5-4-6-8-11/h4-8,13-14H,9-10H2,1-3H3,(H,17,20)(H,18,19). The summed E-state index contributed by atoms with van der Waals surface area (Å²) in [6, 6.07) is 8.83. The number of hydrogen-bond donors (Lipinski definition) is 2. The van der Waals surface area contributed by atoms with Gasteiger partial charge in [-0.1, -0.05) is 30.3 Å². The zero-order valence-electron chi connectivity index (χ0n) is 13.1. The van der Waals surface area contributed by atoms with Crippen LogP contribution in [0.4, 0.5) is 0 Å². The molecule has 0 radical (unpaired) electrons. The Hall–Kier alpha value is -1.92. The third-order valence-electron chi connectivity index (χ3n) is 3.67. The number of morpholine rings is 1. The Morgan fingerprint density at radius 1 is 1.41 bits per heavy atom. The van der Waals surface area contributed by atoms with E-state index in [1.807, 2.05) is 44.2 Å². The van der Waals surface area contributed by atoms with Crippen LogP contribution >= 0.6 is 0 Å². The summed E-state index contributed by atoms with van der Waals surface area (Å²) >= 11 is 0. The Morgan fingerprint density at radius 3 is 2.73 bits per heavy atom. The smallest absolute Gasteiger partial charge is 0.251 e. The van der Waals surface area contributed by atoms with Gasteiger partial charge >= 0.3 is 0 Å². The molecule has 6 heteroatoms.